The standard InChI is InChI=1S/C25H27FN2O6/c1-4-9-33-27-23(24-13-22(28-34-24)18-5-7-20(26)8-6-18)15-32-21-11-17(14-31-16(2)3)10-19(12-21)25(29)30/h5-8,10-13,16H,4,9,14-15H2,1-3H3,(H,29,30)/p+1/b27-23+. The van der Waals surface area contributed by atoms with E-state index < -0.39 is 5.97 Å². The summed E-state index contributed by atoms with van der Waals surface area (Å²) in [4.78, 5) is 16.9. The first kappa shape index (κ1) is 24.9. The Labute approximate surface area is 196 Å². The normalized spacial score (nSPS) is 11.6. The molecule has 0 amide bonds. The van der Waals surface area contributed by atoms with Crippen molar-refractivity contribution < 1.29 is 38.3 Å². The summed E-state index contributed by atoms with van der Waals surface area (Å²) in [5.41, 5.74) is 2.48. The molecule has 0 saturated heterocycles. The molecular weight excluding hydrogens is 443 g/mol. The monoisotopic (exact) mass is 471 g/mol. The molecule has 0 fully saturated rings. The van der Waals surface area contributed by atoms with Crippen molar-refractivity contribution in [3.8, 4) is 17.0 Å². The molecule has 2 aromatic carbocycles. The van der Waals surface area contributed by atoms with Crippen LogP contribution in [0.25, 0.3) is 11.3 Å². The van der Waals surface area contributed by atoms with Gasteiger partial charge in [0.05, 0.1) is 29.9 Å². The molecule has 0 spiro atoms. The van der Waals surface area contributed by atoms with Crippen molar-refractivity contribution in [1.29, 1.82) is 0 Å². The Morgan fingerprint density at radius 1 is 1.18 bits per heavy atom. The number of carboxylic acid groups (broad SMARTS) is 1. The third-order valence-electron chi connectivity index (χ3n) is 4.63. The first-order valence-corrected chi connectivity index (χ1v) is 10.9. The van der Waals surface area contributed by atoms with E-state index in [0.29, 0.717) is 35.1 Å². The molecule has 3 aromatic rings. The minimum absolute atomic E-state index is 0.00203. The van der Waals surface area contributed by atoms with E-state index in [1.165, 1.54) is 18.2 Å². The lowest BCUT2D eigenvalue weighted by Gasteiger charge is -2.12. The Balaban J connectivity index is 1.81. The van der Waals surface area contributed by atoms with Gasteiger partial charge >= 0.3 is 5.97 Å². The number of hydrogen-bond donors (Lipinski definition) is 1. The number of aromatic carboxylic acids is 1. The van der Waals surface area contributed by atoms with E-state index in [2.05, 4.69) is 10.3 Å². The lowest BCUT2D eigenvalue weighted by atomic mass is 10.1. The molecule has 0 atom stereocenters. The van der Waals surface area contributed by atoms with Crippen molar-refractivity contribution in [2.75, 3.05) is 13.2 Å². The van der Waals surface area contributed by atoms with Crippen LogP contribution < -0.4 is 9.89 Å². The van der Waals surface area contributed by atoms with Gasteiger partial charge in [-0.3, -0.25) is 0 Å². The number of hydrogen-bond acceptors (Lipinski definition) is 6. The topological polar surface area (TPSA) is 105 Å². The average Bonchev–Trinajstić information content (AvgIpc) is 3.30. The summed E-state index contributed by atoms with van der Waals surface area (Å²) < 4.78 is 30.3. The molecule has 0 radical (unpaired) electrons. The van der Waals surface area contributed by atoms with E-state index in [9.17, 15) is 14.3 Å². The molecule has 0 saturated carbocycles. The highest BCUT2D eigenvalue weighted by molar-refractivity contribution is 5.99. The number of aromatic nitrogens is 1. The van der Waals surface area contributed by atoms with Gasteiger partial charge in [0.1, 0.15) is 24.8 Å². The number of carboxylic acids is 1. The largest absolute Gasteiger partial charge is 0.487 e. The van der Waals surface area contributed by atoms with Gasteiger partial charge in [-0.05, 0) is 73.5 Å². The van der Waals surface area contributed by atoms with Crippen molar-refractivity contribution in [3.05, 3.63) is 71.2 Å². The molecule has 3 rings (SSSR count). The van der Waals surface area contributed by atoms with Gasteiger partial charge in [0.2, 0.25) is 5.76 Å². The Morgan fingerprint density at radius 2 is 1.94 bits per heavy atom. The number of benzene rings is 2. The maximum Gasteiger partial charge on any atom is 0.335 e. The minimum atomic E-state index is -1.07. The zero-order valence-electron chi connectivity index (χ0n) is 19.3. The zero-order chi connectivity index (χ0) is 24.5. The molecule has 1 heterocycles. The van der Waals surface area contributed by atoms with Gasteiger partial charge in [-0.25, -0.2) is 13.7 Å². The Morgan fingerprint density at radius 3 is 2.62 bits per heavy atom. The highest BCUT2D eigenvalue weighted by Crippen LogP contribution is 2.21. The molecule has 0 unspecified atom stereocenters. The van der Waals surface area contributed by atoms with Crippen LogP contribution in [0.4, 0.5) is 4.39 Å². The van der Waals surface area contributed by atoms with E-state index in [1.54, 1.807) is 30.3 Å². The minimum Gasteiger partial charge on any atom is -0.487 e. The summed E-state index contributed by atoms with van der Waals surface area (Å²) in [6, 6.07) is 12.4. The summed E-state index contributed by atoms with van der Waals surface area (Å²) in [6.07, 6.45) is 0.764. The van der Waals surface area contributed by atoms with Crippen LogP contribution in [-0.4, -0.2) is 36.1 Å². The van der Waals surface area contributed by atoms with Crippen molar-refractivity contribution in [3.63, 3.8) is 0 Å². The van der Waals surface area contributed by atoms with Crippen LogP contribution in [0.3, 0.4) is 0 Å². The number of H-pyrrole nitrogens is 1. The molecule has 1 aromatic heterocycles. The highest BCUT2D eigenvalue weighted by Gasteiger charge is 2.20. The summed E-state index contributed by atoms with van der Waals surface area (Å²) in [5, 5.41) is 16.4. The quantitative estimate of drug-likeness (QED) is 0.233. The second kappa shape index (κ2) is 11.9. The van der Waals surface area contributed by atoms with E-state index >= 15 is 0 Å². The third kappa shape index (κ3) is 7.14. The van der Waals surface area contributed by atoms with Crippen LogP contribution in [0.15, 0.2) is 58.2 Å². The number of rotatable bonds is 12. The Bertz CT molecular complexity index is 1120. The molecule has 2 N–H and O–H groups in total. The van der Waals surface area contributed by atoms with Crippen LogP contribution in [0.1, 0.15) is 48.9 Å². The van der Waals surface area contributed by atoms with Crippen LogP contribution in [-0.2, 0) is 16.2 Å². The molecule has 0 aliphatic rings. The molecule has 0 bridgehead atoms. The van der Waals surface area contributed by atoms with Gasteiger partial charge in [0.25, 0.3) is 5.69 Å². The lowest BCUT2D eigenvalue weighted by Crippen LogP contribution is -2.14. The van der Waals surface area contributed by atoms with Crippen molar-refractivity contribution in [2.24, 2.45) is 5.16 Å². The highest BCUT2D eigenvalue weighted by atomic mass is 19.1. The van der Waals surface area contributed by atoms with Gasteiger partial charge in [0.15, 0.2) is 5.71 Å². The predicted octanol–water partition coefficient (Wildman–Crippen LogP) is 4.73. The number of ether oxygens (including phenoxy) is 2. The SMILES string of the molecule is CCCO/N=C(\COc1cc(COC(C)C)cc(C(=O)O)c1)c1cc(-c2ccc(F)cc2)[nH+]o1. The number of carbonyl (C=O) groups is 1. The lowest BCUT2D eigenvalue weighted by molar-refractivity contribution is -0.599. The molecule has 0 aliphatic carbocycles. The van der Waals surface area contributed by atoms with E-state index in [4.69, 9.17) is 18.8 Å². The summed E-state index contributed by atoms with van der Waals surface area (Å²) in [6.45, 7) is 6.38. The molecular formula is C25H28FN2O6+. The van der Waals surface area contributed by atoms with Crippen LogP contribution in [0, 0.1) is 5.82 Å². The van der Waals surface area contributed by atoms with Gasteiger partial charge in [0, 0.05) is 0 Å². The summed E-state index contributed by atoms with van der Waals surface area (Å²) in [7, 11) is 0. The second-order valence-electron chi connectivity index (χ2n) is 7.82. The molecule has 9 heteroatoms. The molecule has 180 valence electrons. The maximum absolute atomic E-state index is 13.2. The number of nitrogens with one attached hydrogen (secondary N) is 1. The smallest absolute Gasteiger partial charge is 0.335 e. The average molecular weight is 472 g/mol. The Kier molecular flexibility index (Phi) is 8.75. The van der Waals surface area contributed by atoms with Gasteiger partial charge < -0.3 is 19.4 Å². The summed E-state index contributed by atoms with van der Waals surface area (Å²) in [5.74, 6) is -0.688. The van der Waals surface area contributed by atoms with Crippen molar-refractivity contribution >= 4 is 11.7 Å². The van der Waals surface area contributed by atoms with Crippen LogP contribution in [0.5, 0.6) is 5.75 Å². The third-order valence-corrected chi connectivity index (χ3v) is 4.63. The van der Waals surface area contributed by atoms with Crippen molar-refractivity contribution in [2.45, 2.75) is 39.9 Å². The molecule has 8 nitrogen and oxygen atoms in total. The first-order chi connectivity index (χ1) is 16.4. The Hall–Kier alpha value is -3.72. The van der Waals surface area contributed by atoms with E-state index in [1.807, 2.05) is 20.8 Å². The van der Waals surface area contributed by atoms with E-state index in [-0.39, 0.29) is 30.7 Å². The molecule has 34 heavy (non-hydrogen) atoms. The zero-order valence-corrected chi connectivity index (χ0v) is 19.3. The van der Waals surface area contributed by atoms with Gasteiger partial charge in [-0.15, -0.1) is 0 Å². The van der Waals surface area contributed by atoms with Gasteiger partial charge in [-0.2, -0.15) is 0 Å². The fourth-order valence-electron chi connectivity index (χ4n) is 2.94. The second-order valence-corrected chi connectivity index (χ2v) is 7.82. The summed E-state index contributed by atoms with van der Waals surface area (Å²) >= 11 is 0. The number of halogens is 1. The van der Waals surface area contributed by atoms with Gasteiger partial charge in [-0.1, -0.05) is 12.1 Å². The number of nitrogens with zero attached hydrogens (tertiary/aromatic N) is 1. The predicted molar refractivity (Wildman–Crippen MR) is 122 cm³/mol. The molecule has 0 aliphatic heterocycles. The fourth-order valence-corrected chi connectivity index (χ4v) is 2.94. The fraction of sp³-hybridized carbons (Fsp3) is 0.320. The first-order valence-electron chi connectivity index (χ1n) is 10.9. The number of aromatic amines is 1. The maximum atomic E-state index is 13.2. The van der Waals surface area contributed by atoms with E-state index in [0.717, 1.165) is 12.0 Å². The number of oxime groups is 1. The van der Waals surface area contributed by atoms with Crippen LogP contribution in [0.2, 0.25) is 0 Å². The van der Waals surface area contributed by atoms with Crippen molar-refractivity contribution in [1.82, 2.24) is 0 Å². The van der Waals surface area contributed by atoms with Crippen LogP contribution >= 0.6 is 0 Å².